The molecule has 4 aromatic rings. The summed E-state index contributed by atoms with van der Waals surface area (Å²) in [5.41, 5.74) is 4.14. The van der Waals surface area contributed by atoms with Crippen molar-refractivity contribution in [1.29, 1.82) is 5.26 Å². The van der Waals surface area contributed by atoms with Crippen molar-refractivity contribution in [3.8, 4) is 17.2 Å². The van der Waals surface area contributed by atoms with Gasteiger partial charge >= 0.3 is 0 Å². The molecule has 1 aliphatic rings. The molecule has 0 spiro atoms. The van der Waals surface area contributed by atoms with Crippen LogP contribution < -0.4 is 16.0 Å². The van der Waals surface area contributed by atoms with Gasteiger partial charge in [0.15, 0.2) is 5.69 Å². The lowest BCUT2D eigenvalue weighted by Gasteiger charge is -2.25. The third-order valence-corrected chi connectivity index (χ3v) is 5.38. The summed E-state index contributed by atoms with van der Waals surface area (Å²) in [5.74, 6) is 1.13. The highest BCUT2D eigenvalue weighted by atomic mass is 16.5. The zero-order valence-corrected chi connectivity index (χ0v) is 18.1. The van der Waals surface area contributed by atoms with Gasteiger partial charge in [-0.3, -0.25) is 4.68 Å². The van der Waals surface area contributed by atoms with Gasteiger partial charge in [0.25, 0.3) is 0 Å². The van der Waals surface area contributed by atoms with Gasteiger partial charge in [0.05, 0.1) is 30.6 Å². The number of nitrogens with zero attached hydrogens (tertiary/aromatic N) is 6. The van der Waals surface area contributed by atoms with Gasteiger partial charge in [-0.1, -0.05) is 6.07 Å². The SMILES string of the molecule is Cn1cc2cc(-c3cnc(Nc4cnc(C#N)cn4)cc3NC[C@H]3CNCCO3)ccc2n1. The van der Waals surface area contributed by atoms with Crippen molar-refractivity contribution in [1.82, 2.24) is 30.0 Å². The molecular weight excluding hydrogens is 418 g/mol. The number of fused-ring (bicyclic) bond motifs is 1. The van der Waals surface area contributed by atoms with Crippen LogP contribution in [0.15, 0.2) is 49.1 Å². The number of aromatic nitrogens is 5. The molecule has 3 N–H and O–H groups in total. The highest BCUT2D eigenvalue weighted by Gasteiger charge is 2.15. The molecule has 1 saturated heterocycles. The third kappa shape index (κ3) is 4.74. The monoisotopic (exact) mass is 441 g/mol. The summed E-state index contributed by atoms with van der Waals surface area (Å²) in [4.78, 5) is 12.9. The molecule has 1 aliphatic heterocycles. The standard InChI is InChI=1S/C23H23N9O/c1-32-14-16-6-15(2-3-20(16)31-32)19-12-29-22(30-23-13-26-17(8-24)9-28-23)7-21(19)27-11-18-10-25-4-5-33-18/h2-3,6-7,9,12-14,18,25H,4-5,10-11H2,1H3,(H2,27,28,29,30)/t18-/m1/s1. The maximum atomic E-state index is 8.91. The van der Waals surface area contributed by atoms with Gasteiger partial charge in [0.1, 0.15) is 17.7 Å². The number of hydrogen-bond acceptors (Lipinski definition) is 9. The van der Waals surface area contributed by atoms with Crippen LogP contribution in [0.1, 0.15) is 5.69 Å². The first kappa shape index (κ1) is 20.8. The van der Waals surface area contributed by atoms with Gasteiger partial charge in [-0.2, -0.15) is 10.4 Å². The van der Waals surface area contributed by atoms with E-state index >= 15 is 0 Å². The van der Waals surface area contributed by atoms with E-state index in [0.717, 1.165) is 40.8 Å². The summed E-state index contributed by atoms with van der Waals surface area (Å²) in [6.07, 6.45) is 6.85. The molecule has 0 saturated carbocycles. The van der Waals surface area contributed by atoms with Gasteiger partial charge in [0.2, 0.25) is 0 Å². The van der Waals surface area contributed by atoms with Crippen molar-refractivity contribution < 1.29 is 4.74 Å². The van der Waals surface area contributed by atoms with E-state index in [1.807, 2.05) is 42.3 Å². The molecule has 166 valence electrons. The molecule has 0 amide bonds. The number of hydrogen-bond donors (Lipinski definition) is 3. The second kappa shape index (κ2) is 9.20. The van der Waals surface area contributed by atoms with E-state index in [4.69, 9.17) is 10.00 Å². The average molecular weight is 441 g/mol. The Balaban J connectivity index is 1.45. The Hall–Kier alpha value is -4.07. The molecule has 10 nitrogen and oxygen atoms in total. The van der Waals surface area contributed by atoms with Crippen LogP contribution in [-0.4, -0.2) is 57.1 Å². The Morgan fingerprint density at radius 2 is 2.09 bits per heavy atom. The van der Waals surface area contributed by atoms with Gasteiger partial charge in [-0.15, -0.1) is 0 Å². The second-order valence-electron chi connectivity index (χ2n) is 7.79. The van der Waals surface area contributed by atoms with Gasteiger partial charge < -0.3 is 20.7 Å². The molecule has 1 aromatic carbocycles. The molecule has 0 unspecified atom stereocenters. The second-order valence-corrected chi connectivity index (χ2v) is 7.79. The maximum Gasteiger partial charge on any atom is 0.158 e. The first-order valence-electron chi connectivity index (χ1n) is 10.7. The molecule has 0 bridgehead atoms. The fourth-order valence-electron chi connectivity index (χ4n) is 3.77. The Kier molecular flexibility index (Phi) is 5.80. The normalized spacial score (nSPS) is 15.8. The van der Waals surface area contributed by atoms with Crippen molar-refractivity contribution >= 4 is 28.2 Å². The number of nitrogens with one attached hydrogen (secondary N) is 3. The zero-order chi connectivity index (χ0) is 22.6. The number of nitriles is 1. The predicted molar refractivity (Wildman–Crippen MR) is 125 cm³/mol. The van der Waals surface area contributed by atoms with Crippen LogP contribution in [0.2, 0.25) is 0 Å². The Bertz CT molecular complexity index is 1300. The van der Waals surface area contributed by atoms with Crippen LogP contribution in [0.4, 0.5) is 17.3 Å². The lowest BCUT2D eigenvalue weighted by Crippen LogP contribution is -2.42. The molecule has 3 aromatic heterocycles. The van der Waals surface area contributed by atoms with E-state index in [1.54, 1.807) is 0 Å². The summed E-state index contributed by atoms with van der Waals surface area (Å²) >= 11 is 0. The quantitative estimate of drug-likeness (QED) is 0.413. The van der Waals surface area contributed by atoms with Crippen molar-refractivity contribution in [3.05, 3.63) is 54.7 Å². The maximum absolute atomic E-state index is 8.91. The molecule has 33 heavy (non-hydrogen) atoms. The minimum absolute atomic E-state index is 0.0846. The summed E-state index contributed by atoms with van der Waals surface area (Å²) in [5, 5.41) is 24.5. The lowest BCUT2D eigenvalue weighted by molar-refractivity contribution is 0.0372. The third-order valence-electron chi connectivity index (χ3n) is 5.38. The fraction of sp³-hybridized carbons (Fsp3) is 0.261. The van der Waals surface area contributed by atoms with E-state index < -0.39 is 0 Å². The van der Waals surface area contributed by atoms with Crippen molar-refractivity contribution in [3.63, 3.8) is 0 Å². The fourth-order valence-corrected chi connectivity index (χ4v) is 3.77. The number of morpholine rings is 1. The van der Waals surface area contributed by atoms with Crippen LogP contribution in [0.5, 0.6) is 0 Å². The Morgan fingerprint density at radius 1 is 1.18 bits per heavy atom. The smallest absolute Gasteiger partial charge is 0.158 e. The summed E-state index contributed by atoms with van der Waals surface area (Å²) < 4.78 is 7.65. The molecule has 0 aliphatic carbocycles. The van der Waals surface area contributed by atoms with E-state index in [-0.39, 0.29) is 11.8 Å². The van der Waals surface area contributed by atoms with Crippen molar-refractivity contribution in [2.75, 3.05) is 36.9 Å². The zero-order valence-electron chi connectivity index (χ0n) is 18.1. The minimum Gasteiger partial charge on any atom is -0.382 e. The van der Waals surface area contributed by atoms with Crippen molar-refractivity contribution in [2.45, 2.75) is 6.10 Å². The van der Waals surface area contributed by atoms with Crippen LogP contribution in [0.3, 0.4) is 0 Å². The number of rotatable bonds is 6. The van der Waals surface area contributed by atoms with Gasteiger partial charge in [-0.25, -0.2) is 15.0 Å². The predicted octanol–water partition coefficient (Wildman–Crippen LogP) is 2.44. The van der Waals surface area contributed by atoms with E-state index in [0.29, 0.717) is 24.8 Å². The number of pyridine rings is 1. The molecule has 0 radical (unpaired) electrons. The lowest BCUT2D eigenvalue weighted by atomic mass is 10.0. The summed E-state index contributed by atoms with van der Waals surface area (Å²) in [6, 6.07) is 10.1. The van der Waals surface area contributed by atoms with Crippen LogP contribution >= 0.6 is 0 Å². The van der Waals surface area contributed by atoms with E-state index in [2.05, 4.69) is 48.1 Å². The van der Waals surface area contributed by atoms with Crippen molar-refractivity contribution in [2.24, 2.45) is 7.05 Å². The van der Waals surface area contributed by atoms with Gasteiger partial charge in [0, 0.05) is 61.8 Å². The van der Waals surface area contributed by atoms with E-state index in [1.165, 1.54) is 12.4 Å². The first-order valence-corrected chi connectivity index (χ1v) is 10.7. The number of ether oxygens (including phenoxy) is 1. The Morgan fingerprint density at radius 3 is 2.88 bits per heavy atom. The minimum atomic E-state index is 0.0846. The number of aryl methyl sites for hydroxylation is 1. The number of benzene rings is 1. The highest BCUT2D eigenvalue weighted by molar-refractivity contribution is 5.88. The topological polar surface area (TPSA) is 126 Å². The largest absolute Gasteiger partial charge is 0.382 e. The Labute approximate surface area is 190 Å². The molecule has 1 fully saturated rings. The van der Waals surface area contributed by atoms with Crippen LogP contribution in [0.25, 0.3) is 22.0 Å². The van der Waals surface area contributed by atoms with Crippen LogP contribution in [0, 0.1) is 11.3 Å². The van der Waals surface area contributed by atoms with E-state index in [9.17, 15) is 0 Å². The molecule has 5 rings (SSSR count). The van der Waals surface area contributed by atoms with Gasteiger partial charge in [-0.05, 0) is 17.7 Å². The molecule has 1 atom stereocenters. The molecule has 10 heteroatoms. The summed E-state index contributed by atoms with van der Waals surface area (Å²) in [6.45, 7) is 3.05. The van der Waals surface area contributed by atoms with Crippen LogP contribution in [-0.2, 0) is 11.8 Å². The summed E-state index contributed by atoms with van der Waals surface area (Å²) in [7, 11) is 1.92. The number of anilines is 3. The molecule has 4 heterocycles. The highest BCUT2D eigenvalue weighted by Crippen LogP contribution is 2.32. The molecular formula is C23H23N9O. The first-order chi connectivity index (χ1) is 16.2. The average Bonchev–Trinajstić information content (AvgIpc) is 3.23.